The van der Waals surface area contributed by atoms with Gasteiger partial charge >= 0.3 is 6.61 Å². The van der Waals surface area contributed by atoms with Gasteiger partial charge in [0.1, 0.15) is 5.75 Å². The largest absolute Gasteiger partial charge is 0.435 e. The van der Waals surface area contributed by atoms with Crippen LogP contribution in [-0.4, -0.2) is 43.2 Å². The van der Waals surface area contributed by atoms with Gasteiger partial charge in [-0.15, -0.1) is 0 Å². The van der Waals surface area contributed by atoms with E-state index in [-0.39, 0.29) is 18.1 Å². The number of amides is 1. The van der Waals surface area contributed by atoms with Gasteiger partial charge in [0.2, 0.25) is 5.91 Å². The fourth-order valence-electron chi connectivity index (χ4n) is 3.61. The van der Waals surface area contributed by atoms with Crippen molar-refractivity contribution in [2.75, 3.05) is 19.7 Å². The number of likely N-dealkylation sites (tertiary alicyclic amines) is 1. The van der Waals surface area contributed by atoms with Gasteiger partial charge < -0.3 is 14.4 Å². The lowest BCUT2D eigenvalue weighted by Gasteiger charge is -2.34. The SMILES string of the molecule is O=C(Cc1cccc(OC(F)F)c1)N1CCC([C@H]2CCCO2)CC1. The summed E-state index contributed by atoms with van der Waals surface area (Å²) in [6.45, 7) is -0.499. The third-order valence-corrected chi connectivity index (χ3v) is 4.86. The predicted molar refractivity (Wildman–Crippen MR) is 85.1 cm³/mol. The lowest BCUT2D eigenvalue weighted by atomic mass is 9.89. The molecule has 4 nitrogen and oxygen atoms in total. The molecular formula is C18H23F2NO3. The van der Waals surface area contributed by atoms with Gasteiger partial charge in [0.25, 0.3) is 0 Å². The average Bonchev–Trinajstić information content (AvgIpc) is 3.09. The number of hydrogen-bond acceptors (Lipinski definition) is 3. The van der Waals surface area contributed by atoms with E-state index in [0.717, 1.165) is 45.4 Å². The quantitative estimate of drug-likeness (QED) is 0.827. The molecule has 2 aliphatic rings. The zero-order valence-corrected chi connectivity index (χ0v) is 13.6. The molecule has 0 radical (unpaired) electrons. The highest BCUT2D eigenvalue weighted by molar-refractivity contribution is 5.79. The minimum Gasteiger partial charge on any atom is -0.435 e. The number of benzene rings is 1. The van der Waals surface area contributed by atoms with Crippen LogP contribution in [0, 0.1) is 5.92 Å². The van der Waals surface area contributed by atoms with E-state index in [9.17, 15) is 13.6 Å². The molecule has 1 atom stereocenters. The molecule has 132 valence electrons. The fraction of sp³-hybridized carbons (Fsp3) is 0.611. The van der Waals surface area contributed by atoms with Gasteiger partial charge in [0, 0.05) is 19.7 Å². The van der Waals surface area contributed by atoms with Crippen molar-refractivity contribution in [3.05, 3.63) is 29.8 Å². The van der Waals surface area contributed by atoms with Gasteiger partial charge in [0.15, 0.2) is 0 Å². The number of hydrogen-bond donors (Lipinski definition) is 0. The van der Waals surface area contributed by atoms with Crippen molar-refractivity contribution in [1.82, 2.24) is 4.90 Å². The standard InChI is InChI=1S/C18H23F2NO3/c19-18(20)24-15-4-1-3-13(11-15)12-17(22)21-8-6-14(7-9-21)16-5-2-10-23-16/h1,3-4,11,14,16,18H,2,5-10,12H2/t16-/m1/s1. The molecule has 1 amide bonds. The summed E-state index contributed by atoms with van der Waals surface area (Å²) in [4.78, 5) is 14.3. The number of piperidine rings is 1. The summed E-state index contributed by atoms with van der Waals surface area (Å²) in [5.41, 5.74) is 0.694. The predicted octanol–water partition coefficient (Wildman–Crippen LogP) is 3.25. The second kappa shape index (κ2) is 7.92. The molecule has 2 saturated heterocycles. The first kappa shape index (κ1) is 17.1. The minimum absolute atomic E-state index is 0.0370. The zero-order chi connectivity index (χ0) is 16.9. The molecule has 0 unspecified atom stereocenters. The van der Waals surface area contributed by atoms with Crippen molar-refractivity contribution in [2.45, 2.75) is 44.8 Å². The molecule has 0 spiro atoms. The monoisotopic (exact) mass is 339 g/mol. The normalized spacial score (nSPS) is 22.1. The van der Waals surface area contributed by atoms with Gasteiger partial charge in [-0.05, 0) is 49.3 Å². The number of carbonyl (C=O) groups is 1. The van der Waals surface area contributed by atoms with E-state index in [1.54, 1.807) is 12.1 Å². The lowest BCUT2D eigenvalue weighted by Crippen LogP contribution is -2.41. The Morgan fingerprint density at radius 3 is 2.75 bits per heavy atom. The lowest BCUT2D eigenvalue weighted by molar-refractivity contribution is -0.132. The van der Waals surface area contributed by atoms with Crippen LogP contribution in [0.4, 0.5) is 8.78 Å². The molecule has 0 bridgehead atoms. The number of rotatable bonds is 5. The van der Waals surface area contributed by atoms with E-state index >= 15 is 0 Å². The Balaban J connectivity index is 1.50. The second-order valence-corrected chi connectivity index (χ2v) is 6.47. The molecule has 2 heterocycles. The molecule has 0 aromatic heterocycles. The first-order chi connectivity index (χ1) is 11.6. The van der Waals surface area contributed by atoms with E-state index in [1.165, 1.54) is 12.1 Å². The van der Waals surface area contributed by atoms with Gasteiger partial charge in [-0.2, -0.15) is 8.78 Å². The van der Waals surface area contributed by atoms with Crippen molar-refractivity contribution in [1.29, 1.82) is 0 Å². The van der Waals surface area contributed by atoms with Crippen LogP contribution < -0.4 is 4.74 Å². The molecule has 0 aliphatic carbocycles. The summed E-state index contributed by atoms with van der Waals surface area (Å²) in [6, 6.07) is 6.36. The smallest absolute Gasteiger partial charge is 0.387 e. The molecule has 1 aromatic carbocycles. The van der Waals surface area contributed by atoms with Gasteiger partial charge in [0.05, 0.1) is 12.5 Å². The van der Waals surface area contributed by atoms with Gasteiger partial charge in [-0.1, -0.05) is 12.1 Å². The van der Waals surface area contributed by atoms with E-state index < -0.39 is 6.61 Å². The molecule has 6 heteroatoms. The van der Waals surface area contributed by atoms with Crippen molar-refractivity contribution >= 4 is 5.91 Å². The summed E-state index contributed by atoms with van der Waals surface area (Å²) in [6.07, 6.45) is 4.81. The van der Waals surface area contributed by atoms with E-state index in [0.29, 0.717) is 17.6 Å². The maximum atomic E-state index is 12.4. The maximum absolute atomic E-state index is 12.4. The Labute approximate surface area is 140 Å². The van der Waals surface area contributed by atoms with Crippen molar-refractivity contribution in [2.24, 2.45) is 5.92 Å². The Kier molecular flexibility index (Phi) is 5.66. The van der Waals surface area contributed by atoms with Crippen molar-refractivity contribution in [3.63, 3.8) is 0 Å². The first-order valence-electron chi connectivity index (χ1n) is 8.55. The summed E-state index contributed by atoms with van der Waals surface area (Å²) >= 11 is 0. The average molecular weight is 339 g/mol. The van der Waals surface area contributed by atoms with Crippen LogP contribution in [0.3, 0.4) is 0 Å². The third kappa shape index (κ3) is 4.44. The molecule has 2 aliphatic heterocycles. The summed E-state index contributed by atoms with van der Waals surface area (Å²) in [5, 5.41) is 0. The molecule has 24 heavy (non-hydrogen) atoms. The van der Waals surface area contributed by atoms with E-state index in [2.05, 4.69) is 4.74 Å². The number of alkyl halides is 2. The second-order valence-electron chi connectivity index (χ2n) is 6.47. The van der Waals surface area contributed by atoms with E-state index in [4.69, 9.17) is 4.74 Å². The number of carbonyl (C=O) groups excluding carboxylic acids is 1. The highest BCUT2D eigenvalue weighted by Crippen LogP contribution is 2.29. The van der Waals surface area contributed by atoms with Crippen molar-refractivity contribution in [3.8, 4) is 5.75 Å². The van der Waals surface area contributed by atoms with Crippen LogP contribution in [0.5, 0.6) is 5.75 Å². The molecule has 2 fully saturated rings. The third-order valence-electron chi connectivity index (χ3n) is 4.86. The fourth-order valence-corrected chi connectivity index (χ4v) is 3.61. The highest BCUT2D eigenvalue weighted by Gasteiger charge is 2.30. The maximum Gasteiger partial charge on any atom is 0.387 e. The van der Waals surface area contributed by atoms with Crippen LogP contribution in [0.1, 0.15) is 31.2 Å². The van der Waals surface area contributed by atoms with Gasteiger partial charge in [-0.25, -0.2) is 0 Å². The first-order valence-corrected chi connectivity index (χ1v) is 8.55. The minimum atomic E-state index is -2.85. The Morgan fingerprint density at radius 1 is 1.29 bits per heavy atom. The Bertz CT molecular complexity index is 553. The van der Waals surface area contributed by atoms with Crippen LogP contribution in [0.25, 0.3) is 0 Å². The Morgan fingerprint density at radius 2 is 2.08 bits per heavy atom. The van der Waals surface area contributed by atoms with Gasteiger partial charge in [-0.3, -0.25) is 4.79 Å². The van der Waals surface area contributed by atoms with E-state index in [1.807, 2.05) is 4.90 Å². The number of ether oxygens (including phenoxy) is 2. The highest BCUT2D eigenvalue weighted by atomic mass is 19.3. The molecule has 0 N–H and O–H groups in total. The van der Waals surface area contributed by atoms with Crippen LogP contribution in [-0.2, 0) is 16.0 Å². The molecule has 1 aromatic rings. The summed E-state index contributed by atoms with van der Waals surface area (Å²) in [5.74, 6) is 0.682. The summed E-state index contributed by atoms with van der Waals surface area (Å²) in [7, 11) is 0. The molecule has 0 saturated carbocycles. The number of nitrogens with zero attached hydrogens (tertiary/aromatic N) is 1. The zero-order valence-electron chi connectivity index (χ0n) is 13.6. The van der Waals surface area contributed by atoms with Crippen molar-refractivity contribution < 1.29 is 23.0 Å². The summed E-state index contributed by atoms with van der Waals surface area (Å²) < 4.78 is 34.7. The number of halogens is 2. The topological polar surface area (TPSA) is 38.8 Å². The Hall–Kier alpha value is -1.69. The van der Waals surface area contributed by atoms with Crippen LogP contribution in [0.2, 0.25) is 0 Å². The molecule has 3 rings (SSSR count). The molecular weight excluding hydrogens is 316 g/mol. The van der Waals surface area contributed by atoms with Crippen LogP contribution in [0.15, 0.2) is 24.3 Å². The van der Waals surface area contributed by atoms with Crippen LogP contribution >= 0.6 is 0 Å².